The van der Waals surface area contributed by atoms with E-state index in [1.54, 1.807) is 13.8 Å². The van der Waals surface area contributed by atoms with Crippen molar-refractivity contribution in [2.24, 2.45) is 5.14 Å². The average Bonchev–Trinajstić information content (AvgIpc) is 2.23. The Morgan fingerprint density at radius 1 is 1.32 bits per heavy atom. The molecule has 1 aromatic rings. The second-order valence-electron chi connectivity index (χ2n) is 4.30. The second kappa shape index (κ2) is 5.38. The van der Waals surface area contributed by atoms with E-state index in [1.165, 1.54) is 12.1 Å². The van der Waals surface area contributed by atoms with Crippen LogP contribution in [0.25, 0.3) is 0 Å². The molecule has 8 heteroatoms. The summed E-state index contributed by atoms with van der Waals surface area (Å²) in [5.74, 6) is -0.204. The topological polar surface area (TPSA) is 69.4 Å². The summed E-state index contributed by atoms with van der Waals surface area (Å²) < 4.78 is 63.4. The number of hydrogen-bond acceptors (Lipinski definition) is 3. The van der Waals surface area contributed by atoms with Crippen LogP contribution >= 0.6 is 0 Å². The first-order valence-corrected chi connectivity index (χ1v) is 6.91. The van der Waals surface area contributed by atoms with Gasteiger partial charge in [-0.2, -0.15) is 13.2 Å². The van der Waals surface area contributed by atoms with E-state index in [2.05, 4.69) is 4.74 Å². The normalized spacial score (nSPS) is 12.8. The van der Waals surface area contributed by atoms with Crippen molar-refractivity contribution in [2.45, 2.75) is 30.8 Å². The van der Waals surface area contributed by atoms with Gasteiger partial charge in [-0.05, 0) is 29.7 Å². The van der Waals surface area contributed by atoms with E-state index in [-0.39, 0.29) is 16.6 Å². The van der Waals surface area contributed by atoms with E-state index in [4.69, 9.17) is 5.14 Å². The summed E-state index contributed by atoms with van der Waals surface area (Å²) in [6, 6.07) is 3.53. The van der Waals surface area contributed by atoms with Gasteiger partial charge in [0.2, 0.25) is 10.0 Å². The van der Waals surface area contributed by atoms with Gasteiger partial charge in [-0.1, -0.05) is 13.8 Å². The van der Waals surface area contributed by atoms with Gasteiger partial charge in [-0.15, -0.1) is 0 Å². The standard InChI is InChI=1S/C11H14F3NO3S/c1-7(2)9-5-8(19(15,16)17)3-4-10(9)18-6-11(12,13)14/h3-5,7H,6H2,1-2H3,(H2,15,16,17). The maximum absolute atomic E-state index is 12.1. The molecule has 0 amide bonds. The van der Waals surface area contributed by atoms with Crippen LogP contribution in [0.2, 0.25) is 0 Å². The van der Waals surface area contributed by atoms with Crippen molar-refractivity contribution in [2.75, 3.05) is 6.61 Å². The zero-order valence-corrected chi connectivity index (χ0v) is 11.2. The Bertz CT molecular complexity index is 553. The van der Waals surface area contributed by atoms with Crippen molar-refractivity contribution in [1.82, 2.24) is 0 Å². The van der Waals surface area contributed by atoms with E-state index in [0.29, 0.717) is 5.56 Å². The van der Waals surface area contributed by atoms with Crippen LogP contribution in [-0.2, 0) is 10.0 Å². The van der Waals surface area contributed by atoms with Gasteiger partial charge in [-0.25, -0.2) is 13.6 Å². The number of alkyl halides is 3. The van der Waals surface area contributed by atoms with Crippen LogP contribution in [0.5, 0.6) is 5.75 Å². The Morgan fingerprint density at radius 3 is 2.32 bits per heavy atom. The molecule has 0 aliphatic rings. The summed E-state index contributed by atoms with van der Waals surface area (Å²) >= 11 is 0. The zero-order valence-electron chi connectivity index (χ0n) is 10.4. The maximum atomic E-state index is 12.1. The number of nitrogens with two attached hydrogens (primary N) is 1. The largest absolute Gasteiger partial charge is 0.484 e. The Morgan fingerprint density at radius 2 is 1.89 bits per heavy atom. The van der Waals surface area contributed by atoms with Gasteiger partial charge in [0.1, 0.15) is 5.75 Å². The molecule has 0 bridgehead atoms. The minimum Gasteiger partial charge on any atom is -0.484 e. The van der Waals surface area contributed by atoms with Gasteiger partial charge < -0.3 is 4.74 Å². The Kier molecular flexibility index (Phi) is 4.46. The number of primary sulfonamides is 1. The van der Waals surface area contributed by atoms with Crippen LogP contribution in [0.1, 0.15) is 25.3 Å². The van der Waals surface area contributed by atoms with Crippen molar-refractivity contribution < 1.29 is 26.3 Å². The first kappa shape index (κ1) is 15.8. The molecule has 0 spiro atoms. The fourth-order valence-corrected chi connectivity index (χ4v) is 1.99. The molecule has 2 N–H and O–H groups in total. The van der Waals surface area contributed by atoms with Crippen LogP contribution in [0.15, 0.2) is 23.1 Å². The van der Waals surface area contributed by atoms with Crippen molar-refractivity contribution in [3.05, 3.63) is 23.8 Å². The van der Waals surface area contributed by atoms with Crippen LogP contribution < -0.4 is 9.88 Å². The molecule has 0 aliphatic carbocycles. The average molecular weight is 297 g/mol. The molecule has 0 saturated heterocycles. The van der Waals surface area contributed by atoms with Gasteiger partial charge in [0.15, 0.2) is 6.61 Å². The van der Waals surface area contributed by atoms with E-state index >= 15 is 0 Å². The third-order valence-electron chi connectivity index (χ3n) is 2.32. The Balaban J connectivity index is 3.13. The van der Waals surface area contributed by atoms with Gasteiger partial charge in [-0.3, -0.25) is 0 Å². The first-order valence-electron chi connectivity index (χ1n) is 5.37. The molecule has 0 heterocycles. The third-order valence-corrected chi connectivity index (χ3v) is 3.23. The number of ether oxygens (including phenoxy) is 1. The molecule has 4 nitrogen and oxygen atoms in total. The predicted octanol–water partition coefficient (Wildman–Crippen LogP) is 2.40. The summed E-state index contributed by atoms with van der Waals surface area (Å²) in [4.78, 5) is -0.157. The van der Waals surface area contributed by atoms with E-state index in [0.717, 1.165) is 6.07 Å². The molecule has 0 unspecified atom stereocenters. The molecular formula is C11H14F3NO3S. The summed E-state index contributed by atoms with van der Waals surface area (Å²) in [5.41, 5.74) is 0.357. The zero-order chi connectivity index (χ0) is 14.8. The van der Waals surface area contributed by atoms with Crippen LogP contribution in [0.4, 0.5) is 13.2 Å². The molecule has 1 aromatic carbocycles. The molecule has 0 aliphatic heterocycles. The van der Waals surface area contributed by atoms with Crippen molar-refractivity contribution in [3.8, 4) is 5.75 Å². The first-order chi connectivity index (χ1) is 8.50. The lowest BCUT2D eigenvalue weighted by molar-refractivity contribution is -0.153. The molecule has 1 rings (SSSR count). The fourth-order valence-electron chi connectivity index (χ4n) is 1.45. The molecule has 0 radical (unpaired) electrons. The van der Waals surface area contributed by atoms with Crippen molar-refractivity contribution in [1.29, 1.82) is 0 Å². The number of halogens is 3. The summed E-state index contributed by atoms with van der Waals surface area (Å²) in [6.07, 6.45) is -4.45. The fraction of sp³-hybridized carbons (Fsp3) is 0.455. The number of sulfonamides is 1. The lowest BCUT2D eigenvalue weighted by atomic mass is 10.0. The van der Waals surface area contributed by atoms with Crippen molar-refractivity contribution in [3.63, 3.8) is 0 Å². The van der Waals surface area contributed by atoms with Gasteiger partial charge in [0, 0.05) is 0 Å². The number of rotatable bonds is 4. The molecule has 0 fully saturated rings. The van der Waals surface area contributed by atoms with E-state index < -0.39 is 22.8 Å². The van der Waals surface area contributed by atoms with Crippen LogP contribution in [0, 0.1) is 0 Å². The highest BCUT2D eigenvalue weighted by Crippen LogP contribution is 2.30. The highest BCUT2D eigenvalue weighted by molar-refractivity contribution is 7.89. The Labute approximate surface area is 109 Å². The smallest absolute Gasteiger partial charge is 0.422 e. The highest BCUT2D eigenvalue weighted by Gasteiger charge is 2.29. The summed E-state index contributed by atoms with van der Waals surface area (Å²) in [7, 11) is -3.90. The monoisotopic (exact) mass is 297 g/mol. The number of benzene rings is 1. The highest BCUT2D eigenvalue weighted by atomic mass is 32.2. The van der Waals surface area contributed by atoms with Gasteiger partial charge in [0.25, 0.3) is 0 Å². The SMILES string of the molecule is CC(C)c1cc(S(N)(=O)=O)ccc1OCC(F)(F)F. The summed E-state index contributed by atoms with van der Waals surface area (Å²) in [5, 5.41) is 4.97. The Hall–Kier alpha value is -1.28. The summed E-state index contributed by atoms with van der Waals surface area (Å²) in [6.45, 7) is 1.99. The van der Waals surface area contributed by atoms with Gasteiger partial charge in [0.05, 0.1) is 4.90 Å². The van der Waals surface area contributed by atoms with Crippen LogP contribution in [0.3, 0.4) is 0 Å². The minimum absolute atomic E-state index is 0.000255. The minimum atomic E-state index is -4.45. The third kappa shape index (κ3) is 4.71. The molecule has 19 heavy (non-hydrogen) atoms. The molecular weight excluding hydrogens is 283 g/mol. The lowest BCUT2D eigenvalue weighted by Gasteiger charge is -2.16. The molecule has 0 saturated carbocycles. The van der Waals surface area contributed by atoms with Crippen LogP contribution in [-0.4, -0.2) is 21.2 Å². The molecule has 108 valence electrons. The van der Waals surface area contributed by atoms with E-state index in [9.17, 15) is 21.6 Å². The van der Waals surface area contributed by atoms with Crippen molar-refractivity contribution >= 4 is 10.0 Å². The number of hydrogen-bond donors (Lipinski definition) is 1. The second-order valence-corrected chi connectivity index (χ2v) is 5.86. The maximum Gasteiger partial charge on any atom is 0.422 e. The van der Waals surface area contributed by atoms with Gasteiger partial charge >= 0.3 is 6.18 Å². The lowest BCUT2D eigenvalue weighted by Crippen LogP contribution is -2.20. The van der Waals surface area contributed by atoms with E-state index in [1.807, 2.05) is 0 Å². The molecule has 0 atom stereocenters. The quantitative estimate of drug-likeness (QED) is 0.927. The molecule has 0 aromatic heterocycles. The predicted molar refractivity (Wildman–Crippen MR) is 63.5 cm³/mol.